The van der Waals surface area contributed by atoms with Gasteiger partial charge in [0.05, 0.1) is 0 Å². The van der Waals surface area contributed by atoms with Crippen LogP contribution in [0.5, 0.6) is 0 Å². The van der Waals surface area contributed by atoms with Gasteiger partial charge in [-0.3, -0.25) is 9.79 Å². The fourth-order valence-corrected chi connectivity index (χ4v) is 1.96. The monoisotopic (exact) mass is 368 g/mol. The van der Waals surface area contributed by atoms with E-state index in [4.69, 9.17) is 32.2 Å². The largest absolute Gasteiger partial charge is 0.480 e. The van der Waals surface area contributed by atoms with Crippen molar-refractivity contribution in [3.63, 3.8) is 0 Å². The van der Waals surface area contributed by atoms with Crippen LogP contribution in [0.1, 0.15) is 32.3 Å². The van der Waals surface area contributed by atoms with Gasteiger partial charge >= 0.3 is 11.9 Å². The van der Waals surface area contributed by atoms with Crippen molar-refractivity contribution in [2.24, 2.45) is 22.2 Å². The lowest BCUT2D eigenvalue weighted by molar-refractivity contribution is -0.164. The number of aliphatic imine (C=N–C) groups is 1. The number of rotatable bonds is 9. The first kappa shape index (κ1) is 23.4. The maximum atomic E-state index is 11.1. The second kappa shape index (κ2) is 11.8. The number of hydrogen-bond donors (Lipinski definition) is 5. The van der Waals surface area contributed by atoms with Crippen LogP contribution in [0.2, 0.25) is 0 Å². The van der Waals surface area contributed by atoms with Gasteiger partial charge in [0.15, 0.2) is 11.6 Å². The van der Waals surface area contributed by atoms with Crippen molar-refractivity contribution in [2.45, 2.75) is 38.3 Å². The molecule has 2 atom stereocenters. The van der Waals surface area contributed by atoms with Gasteiger partial charge in [0, 0.05) is 13.2 Å². The minimum Gasteiger partial charge on any atom is -0.480 e. The van der Waals surface area contributed by atoms with E-state index >= 15 is 0 Å². The van der Waals surface area contributed by atoms with Crippen LogP contribution >= 0.6 is 0 Å². The summed E-state index contributed by atoms with van der Waals surface area (Å²) in [5, 5.41) is 17.5. The van der Waals surface area contributed by atoms with Crippen molar-refractivity contribution in [3.8, 4) is 0 Å². The number of aliphatic carboxylic acids is 2. The Morgan fingerprint density at radius 3 is 2.23 bits per heavy atom. The third-order valence-corrected chi connectivity index (χ3v) is 3.45. The van der Waals surface area contributed by atoms with Crippen LogP contribution in [-0.4, -0.2) is 47.3 Å². The molecule has 0 bridgehead atoms. The highest BCUT2D eigenvalue weighted by Crippen LogP contribution is 2.25. The second-order valence-electron chi connectivity index (χ2n) is 5.53. The molecule has 0 aliphatic heterocycles. The Balaban J connectivity index is 0.000000488. The van der Waals surface area contributed by atoms with E-state index in [0.29, 0.717) is 31.6 Å². The number of nitrogens with two attached hydrogens (primary N) is 3. The van der Waals surface area contributed by atoms with Crippen LogP contribution < -0.4 is 17.2 Å². The van der Waals surface area contributed by atoms with E-state index in [-0.39, 0.29) is 5.96 Å². The molecular formula is C17H28N4O5. The van der Waals surface area contributed by atoms with Crippen molar-refractivity contribution in [1.29, 1.82) is 0 Å². The number of guanidine groups is 1. The molecule has 1 rings (SSSR count). The number of carbonyl (C=O) groups is 2. The molecule has 0 saturated carbocycles. The molecule has 26 heavy (non-hydrogen) atoms. The fourth-order valence-electron chi connectivity index (χ4n) is 1.96. The zero-order valence-electron chi connectivity index (χ0n) is 15.1. The summed E-state index contributed by atoms with van der Waals surface area (Å²) in [5.41, 5.74) is 14.7. The molecular weight excluding hydrogens is 340 g/mol. The van der Waals surface area contributed by atoms with Crippen molar-refractivity contribution >= 4 is 17.9 Å². The SMILES string of the molecule is CCOC(C)(C(=O)O)c1ccccc1.NC(N)=NCCC[C@H](N)C(=O)O. The number of carboxylic acid groups (broad SMARTS) is 2. The molecule has 1 aromatic rings. The van der Waals surface area contributed by atoms with E-state index < -0.39 is 23.6 Å². The van der Waals surface area contributed by atoms with Gasteiger partial charge in [0.2, 0.25) is 0 Å². The van der Waals surface area contributed by atoms with E-state index in [2.05, 4.69) is 4.99 Å². The molecule has 9 nitrogen and oxygen atoms in total. The first-order valence-corrected chi connectivity index (χ1v) is 8.11. The van der Waals surface area contributed by atoms with Gasteiger partial charge in [-0.05, 0) is 32.3 Å². The second-order valence-corrected chi connectivity index (χ2v) is 5.53. The van der Waals surface area contributed by atoms with Gasteiger partial charge in [-0.25, -0.2) is 4.79 Å². The normalized spacial score (nSPS) is 13.5. The number of benzene rings is 1. The summed E-state index contributed by atoms with van der Waals surface area (Å²) in [6, 6.07) is 8.13. The van der Waals surface area contributed by atoms with Crippen molar-refractivity contribution in [3.05, 3.63) is 35.9 Å². The van der Waals surface area contributed by atoms with Crippen molar-refractivity contribution in [2.75, 3.05) is 13.2 Å². The number of hydrogen-bond acceptors (Lipinski definition) is 5. The van der Waals surface area contributed by atoms with Gasteiger partial charge in [-0.2, -0.15) is 0 Å². The first-order chi connectivity index (χ1) is 12.1. The van der Waals surface area contributed by atoms with Crippen LogP contribution in [0.25, 0.3) is 0 Å². The summed E-state index contributed by atoms with van der Waals surface area (Å²) in [4.78, 5) is 25.0. The fraction of sp³-hybridized carbons (Fsp3) is 0.471. The molecule has 0 spiro atoms. The summed E-state index contributed by atoms with van der Waals surface area (Å²) >= 11 is 0. The number of carboxylic acids is 2. The highest BCUT2D eigenvalue weighted by molar-refractivity contribution is 5.79. The number of nitrogens with zero attached hydrogens (tertiary/aromatic N) is 1. The molecule has 8 N–H and O–H groups in total. The lowest BCUT2D eigenvalue weighted by atomic mass is 9.96. The molecule has 0 amide bonds. The van der Waals surface area contributed by atoms with Crippen LogP contribution in [0.15, 0.2) is 35.3 Å². The molecule has 0 aromatic heterocycles. The van der Waals surface area contributed by atoms with Crippen LogP contribution in [0, 0.1) is 0 Å². The molecule has 0 aliphatic rings. The molecule has 1 aromatic carbocycles. The molecule has 146 valence electrons. The molecule has 0 aliphatic carbocycles. The summed E-state index contributed by atoms with van der Waals surface area (Å²) in [7, 11) is 0. The summed E-state index contributed by atoms with van der Waals surface area (Å²) in [6.45, 7) is 4.14. The van der Waals surface area contributed by atoms with Gasteiger partial charge < -0.3 is 32.2 Å². The Labute approximate surface area is 152 Å². The lowest BCUT2D eigenvalue weighted by Crippen LogP contribution is -2.35. The Morgan fingerprint density at radius 1 is 1.23 bits per heavy atom. The number of ether oxygens (including phenoxy) is 1. The lowest BCUT2D eigenvalue weighted by Gasteiger charge is -2.24. The zero-order chi connectivity index (χ0) is 20.2. The zero-order valence-corrected chi connectivity index (χ0v) is 15.1. The van der Waals surface area contributed by atoms with Crippen LogP contribution in [0.3, 0.4) is 0 Å². The summed E-state index contributed by atoms with van der Waals surface area (Å²) in [5.74, 6) is -1.95. The van der Waals surface area contributed by atoms with Gasteiger partial charge in [0.25, 0.3) is 0 Å². The van der Waals surface area contributed by atoms with Crippen molar-refractivity contribution in [1.82, 2.24) is 0 Å². The summed E-state index contributed by atoms with van der Waals surface area (Å²) < 4.78 is 5.28. The average molecular weight is 368 g/mol. The van der Waals surface area contributed by atoms with Gasteiger partial charge in [-0.1, -0.05) is 30.3 Å². The minimum atomic E-state index is -1.24. The molecule has 0 heterocycles. The van der Waals surface area contributed by atoms with Crippen LogP contribution in [-0.2, 0) is 19.9 Å². The maximum Gasteiger partial charge on any atom is 0.340 e. The quantitative estimate of drug-likeness (QED) is 0.237. The van der Waals surface area contributed by atoms with Crippen LogP contribution in [0.4, 0.5) is 0 Å². The highest BCUT2D eigenvalue weighted by Gasteiger charge is 2.35. The standard InChI is InChI=1S/C11H14O3.C6H14N4O2/c1-3-14-11(2,10(12)13)9-7-5-4-6-8-9;7-4(5(11)12)2-1-3-10-6(8)9/h4-8H,3H2,1-2H3,(H,12,13);4H,1-3,7H2,(H,11,12)(H4,8,9,10)/t;4-/m.0/s1. The summed E-state index contributed by atoms with van der Waals surface area (Å²) in [6.07, 6.45) is 0.956. The molecule has 9 heteroatoms. The Morgan fingerprint density at radius 2 is 1.81 bits per heavy atom. The third-order valence-electron chi connectivity index (χ3n) is 3.45. The van der Waals surface area contributed by atoms with E-state index in [1.54, 1.807) is 38.1 Å². The molecule has 0 radical (unpaired) electrons. The minimum absolute atomic E-state index is 0.0129. The van der Waals surface area contributed by atoms with Gasteiger partial charge in [0.1, 0.15) is 6.04 Å². The van der Waals surface area contributed by atoms with Crippen molar-refractivity contribution < 1.29 is 24.5 Å². The Bertz CT molecular complexity index is 590. The molecule has 1 unspecified atom stereocenters. The maximum absolute atomic E-state index is 11.1. The molecule has 0 fully saturated rings. The first-order valence-electron chi connectivity index (χ1n) is 8.11. The Kier molecular flexibility index (Phi) is 10.6. The third kappa shape index (κ3) is 8.45. The van der Waals surface area contributed by atoms with E-state index in [9.17, 15) is 9.59 Å². The topological polar surface area (TPSA) is 174 Å². The van der Waals surface area contributed by atoms with E-state index in [1.807, 2.05) is 6.07 Å². The average Bonchev–Trinajstić information content (AvgIpc) is 2.59. The molecule has 0 saturated heterocycles. The van der Waals surface area contributed by atoms with E-state index in [1.165, 1.54) is 0 Å². The Hall–Kier alpha value is -2.65. The van der Waals surface area contributed by atoms with Gasteiger partial charge in [-0.15, -0.1) is 0 Å². The van der Waals surface area contributed by atoms with E-state index in [0.717, 1.165) is 0 Å². The smallest absolute Gasteiger partial charge is 0.340 e. The predicted molar refractivity (Wildman–Crippen MR) is 98.6 cm³/mol. The highest BCUT2D eigenvalue weighted by atomic mass is 16.5. The predicted octanol–water partition coefficient (Wildman–Crippen LogP) is 0.475.